The molecule has 1 aliphatic rings. The van der Waals surface area contributed by atoms with Gasteiger partial charge in [0.05, 0.1) is 25.6 Å². The summed E-state index contributed by atoms with van der Waals surface area (Å²) in [5.41, 5.74) is 11.1. The minimum absolute atomic E-state index is 0.0188. The van der Waals surface area contributed by atoms with E-state index in [1.807, 2.05) is 4.90 Å². The molecule has 1 unspecified atom stereocenters. The number of H-pyrrole nitrogens is 1. The molecule has 16 heavy (non-hydrogen) atoms. The minimum atomic E-state index is -0.327. The second kappa shape index (κ2) is 4.50. The zero-order chi connectivity index (χ0) is 11.5. The van der Waals surface area contributed by atoms with E-state index in [9.17, 15) is 4.79 Å². The van der Waals surface area contributed by atoms with Crippen LogP contribution >= 0.6 is 0 Å². The van der Waals surface area contributed by atoms with Gasteiger partial charge in [-0.25, -0.2) is 4.98 Å². The molecule has 1 aromatic heterocycles. The molecule has 0 aliphatic carbocycles. The number of nitrogens with one attached hydrogen (secondary N) is 1. The van der Waals surface area contributed by atoms with Crippen LogP contribution in [0.5, 0.6) is 0 Å². The second-order valence-electron chi connectivity index (χ2n) is 3.63. The van der Waals surface area contributed by atoms with Crippen molar-refractivity contribution >= 4 is 11.5 Å². The zero-order valence-electron chi connectivity index (χ0n) is 8.85. The van der Waals surface area contributed by atoms with E-state index in [0.717, 1.165) is 0 Å². The van der Waals surface area contributed by atoms with Crippen LogP contribution in [0.25, 0.3) is 0 Å². The van der Waals surface area contributed by atoms with Gasteiger partial charge in [-0.2, -0.15) is 0 Å². The van der Waals surface area contributed by atoms with Crippen LogP contribution < -0.4 is 21.9 Å². The van der Waals surface area contributed by atoms with Crippen LogP contribution in [0.1, 0.15) is 0 Å². The van der Waals surface area contributed by atoms with Gasteiger partial charge in [-0.1, -0.05) is 0 Å². The largest absolute Gasteiger partial charge is 0.391 e. The Kier molecular flexibility index (Phi) is 3.07. The first-order valence-electron chi connectivity index (χ1n) is 5.11. The quantitative estimate of drug-likeness (QED) is 0.566. The fourth-order valence-corrected chi connectivity index (χ4v) is 1.76. The normalized spacial score (nSPS) is 21.1. The molecule has 1 aromatic rings. The Labute approximate surface area is 92.4 Å². The molecule has 1 saturated heterocycles. The molecule has 0 aromatic carbocycles. The Morgan fingerprint density at radius 2 is 2.50 bits per heavy atom. The molecule has 0 spiro atoms. The molecule has 1 atom stereocenters. The van der Waals surface area contributed by atoms with Crippen LogP contribution in [-0.2, 0) is 4.74 Å². The van der Waals surface area contributed by atoms with Gasteiger partial charge in [-0.05, 0) is 0 Å². The number of hydrogen-bond donors (Lipinski definition) is 3. The highest BCUT2D eigenvalue weighted by Gasteiger charge is 2.25. The van der Waals surface area contributed by atoms with E-state index in [1.54, 1.807) is 0 Å². The van der Waals surface area contributed by atoms with E-state index in [1.165, 1.54) is 6.33 Å². The average molecular weight is 225 g/mol. The van der Waals surface area contributed by atoms with Crippen LogP contribution in [0.3, 0.4) is 0 Å². The predicted octanol–water partition coefficient (Wildman–Crippen LogP) is -1.48. The fraction of sp³-hybridized carbons (Fsp3) is 0.556. The SMILES string of the molecule is NCC1COCCN1c1nc[nH]c(=O)c1N. The van der Waals surface area contributed by atoms with Crippen molar-refractivity contribution in [3.05, 3.63) is 16.7 Å². The van der Waals surface area contributed by atoms with Crippen molar-refractivity contribution in [2.75, 3.05) is 36.9 Å². The number of anilines is 2. The van der Waals surface area contributed by atoms with Gasteiger partial charge in [0.25, 0.3) is 5.56 Å². The van der Waals surface area contributed by atoms with Crippen molar-refractivity contribution in [1.82, 2.24) is 9.97 Å². The van der Waals surface area contributed by atoms with Gasteiger partial charge in [0.1, 0.15) is 5.69 Å². The summed E-state index contributed by atoms with van der Waals surface area (Å²) in [4.78, 5) is 19.8. The van der Waals surface area contributed by atoms with Gasteiger partial charge in [0.15, 0.2) is 5.82 Å². The molecule has 5 N–H and O–H groups in total. The van der Waals surface area contributed by atoms with Gasteiger partial charge in [-0.15, -0.1) is 0 Å². The van der Waals surface area contributed by atoms with Crippen LogP contribution in [0.4, 0.5) is 11.5 Å². The number of ether oxygens (including phenoxy) is 1. The molecule has 0 saturated carbocycles. The summed E-state index contributed by atoms with van der Waals surface area (Å²) in [6, 6.07) is 0.0188. The smallest absolute Gasteiger partial charge is 0.276 e. The van der Waals surface area contributed by atoms with Gasteiger partial charge in [0.2, 0.25) is 0 Å². The van der Waals surface area contributed by atoms with Gasteiger partial charge in [-0.3, -0.25) is 4.79 Å². The van der Waals surface area contributed by atoms with Crippen LogP contribution in [0, 0.1) is 0 Å². The number of morpholine rings is 1. The van der Waals surface area contributed by atoms with E-state index in [2.05, 4.69) is 9.97 Å². The topological polar surface area (TPSA) is 110 Å². The highest BCUT2D eigenvalue weighted by Crippen LogP contribution is 2.19. The lowest BCUT2D eigenvalue weighted by Gasteiger charge is -2.35. The fourth-order valence-electron chi connectivity index (χ4n) is 1.76. The van der Waals surface area contributed by atoms with Crippen molar-refractivity contribution in [2.24, 2.45) is 5.73 Å². The molecule has 0 bridgehead atoms. The number of aromatic nitrogens is 2. The summed E-state index contributed by atoms with van der Waals surface area (Å²) in [7, 11) is 0. The van der Waals surface area contributed by atoms with E-state index < -0.39 is 0 Å². The lowest BCUT2D eigenvalue weighted by Crippen LogP contribution is -2.50. The predicted molar refractivity (Wildman–Crippen MR) is 60.3 cm³/mol. The van der Waals surface area contributed by atoms with Crippen molar-refractivity contribution < 1.29 is 4.74 Å². The molecule has 88 valence electrons. The number of nitrogen functional groups attached to an aromatic ring is 1. The summed E-state index contributed by atoms with van der Waals surface area (Å²) < 4.78 is 5.32. The Balaban J connectivity index is 2.34. The molecule has 7 nitrogen and oxygen atoms in total. The van der Waals surface area contributed by atoms with Crippen LogP contribution in [0.2, 0.25) is 0 Å². The zero-order valence-corrected chi connectivity index (χ0v) is 8.85. The maximum atomic E-state index is 11.4. The number of nitrogens with two attached hydrogens (primary N) is 2. The highest BCUT2D eigenvalue weighted by molar-refractivity contribution is 5.61. The van der Waals surface area contributed by atoms with Crippen molar-refractivity contribution in [2.45, 2.75) is 6.04 Å². The number of hydrogen-bond acceptors (Lipinski definition) is 6. The molecule has 1 fully saturated rings. The minimum Gasteiger partial charge on any atom is -0.391 e. The number of aromatic amines is 1. The van der Waals surface area contributed by atoms with E-state index in [4.69, 9.17) is 16.2 Å². The maximum absolute atomic E-state index is 11.4. The monoisotopic (exact) mass is 225 g/mol. The third kappa shape index (κ3) is 1.86. The first-order chi connectivity index (χ1) is 7.74. The van der Waals surface area contributed by atoms with Crippen LogP contribution in [0.15, 0.2) is 11.1 Å². The first-order valence-corrected chi connectivity index (χ1v) is 5.11. The molecule has 1 aliphatic heterocycles. The Hall–Kier alpha value is -1.60. The average Bonchev–Trinajstić information content (AvgIpc) is 2.33. The third-order valence-corrected chi connectivity index (χ3v) is 2.64. The highest BCUT2D eigenvalue weighted by atomic mass is 16.5. The standard InChI is InChI=1S/C9H15N5O2/c10-3-6-4-16-2-1-14(6)8-7(11)9(15)13-5-12-8/h5-6H,1-4,10-11H2,(H,12,13,15). The summed E-state index contributed by atoms with van der Waals surface area (Å²) >= 11 is 0. The molecule has 7 heteroatoms. The molecule has 2 heterocycles. The molecule has 0 amide bonds. The van der Waals surface area contributed by atoms with Crippen molar-refractivity contribution in [1.29, 1.82) is 0 Å². The van der Waals surface area contributed by atoms with Crippen LogP contribution in [-0.4, -0.2) is 42.3 Å². The summed E-state index contributed by atoms with van der Waals surface area (Å²) in [5.74, 6) is 0.488. The van der Waals surface area contributed by atoms with Gasteiger partial charge in [0, 0.05) is 13.1 Å². The first kappa shape index (κ1) is 10.9. The van der Waals surface area contributed by atoms with Crippen molar-refractivity contribution in [3.8, 4) is 0 Å². The summed E-state index contributed by atoms with van der Waals surface area (Å²) in [5, 5.41) is 0. The third-order valence-electron chi connectivity index (χ3n) is 2.64. The van der Waals surface area contributed by atoms with Gasteiger partial charge < -0.3 is 26.1 Å². The van der Waals surface area contributed by atoms with E-state index in [0.29, 0.717) is 32.1 Å². The molecular formula is C9H15N5O2. The summed E-state index contributed by atoms with van der Waals surface area (Å²) in [6.07, 6.45) is 1.34. The molecular weight excluding hydrogens is 210 g/mol. The Morgan fingerprint density at radius 3 is 3.25 bits per heavy atom. The number of nitrogens with zero attached hydrogens (tertiary/aromatic N) is 2. The van der Waals surface area contributed by atoms with E-state index in [-0.39, 0.29) is 17.3 Å². The Bertz CT molecular complexity index is 419. The van der Waals surface area contributed by atoms with Gasteiger partial charge >= 0.3 is 0 Å². The van der Waals surface area contributed by atoms with E-state index >= 15 is 0 Å². The second-order valence-corrected chi connectivity index (χ2v) is 3.63. The molecule has 2 rings (SSSR count). The summed E-state index contributed by atoms with van der Waals surface area (Å²) in [6.45, 7) is 2.20. The molecule has 0 radical (unpaired) electrons. The number of rotatable bonds is 2. The Morgan fingerprint density at radius 1 is 1.69 bits per heavy atom. The lowest BCUT2D eigenvalue weighted by molar-refractivity contribution is 0.0959. The van der Waals surface area contributed by atoms with Crippen molar-refractivity contribution in [3.63, 3.8) is 0 Å². The maximum Gasteiger partial charge on any atom is 0.276 e. The lowest BCUT2D eigenvalue weighted by atomic mass is 10.2.